The van der Waals surface area contributed by atoms with Gasteiger partial charge in [0.1, 0.15) is 35.2 Å². The number of fused-ring (bicyclic) bond motifs is 1. The molecule has 2 aromatic heterocycles. The number of carboxylic acids is 1. The van der Waals surface area contributed by atoms with Crippen LogP contribution in [0.3, 0.4) is 0 Å². The van der Waals surface area contributed by atoms with Gasteiger partial charge in [0.25, 0.3) is 11.8 Å². The molecule has 4 rings (SSSR count). The number of aliphatic carboxylic acids is 1. The van der Waals surface area contributed by atoms with Gasteiger partial charge in [-0.15, -0.1) is 16.9 Å². The molecule has 1 saturated heterocycles. The average molecular weight is 520 g/mol. The van der Waals surface area contributed by atoms with Crippen molar-refractivity contribution in [1.82, 2.24) is 35.4 Å². The van der Waals surface area contributed by atoms with Crippen molar-refractivity contribution in [2.45, 2.75) is 23.5 Å². The molecule has 0 spiro atoms. The molecule has 0 saturated carbocycles. The standard InChI is InChI=1S/C19H21N9O5S2/c1-3-33-24-12(10-5-4-6-11(20)21-10)15(29)22-13-16(30)28-14(18(31)32)9(7-34-17(13)28)8-35-19-23-25-26-27(19)2/h4-6,13,17H,3,7-8H2,1-2H3,(H2,20,21)(H,22,29)(H,31,32)/b24-12-/t13?,17-/m1/s1. The van der Waals surface area contributed by atoms with Crippen molar-refractivity contribution in [3.05, 3.63) is 35.2 Å². The third-order valence-electron chi connectivity index (χ3n) is 5.01. The Morgan fingerprint density at radius 2 is 2.23 bits per heavy atom. The van der Waals surface area contributed by atoms with Gasteiger partial charge in [-0.3, -0.25) is 14.5 Å². The SMILES string of the molecule is CCO/N=C(\C(=O)NC1C(=O)N2C(C(=O)O)=C(CSc3nnnn3C)CS[C@H]12)c1cccc(N)n1. The van der Waals surface area contributed by atoms with E-state index in [0.29, 0.717) is 22.2 Å². The van der Waals surface area contributed by atoms with Crippen LogP contribution in [0, 0.1) is 0 Å². The summed E-state index contributed by atoms with van der Waals surface area (Å²) in [4.78, 5) is 48.3. The second-order valence-electron chi connectivity index (χ2n) is 7.30. The molecule has 35 heavy (non-hydrogen) atoms. The summed E-state index contributed by atoms with van der Waals surface area (Å²) < 4.78 is 1.47. The Morgan fingerprint density at radius 3 is 2.89 bits per heavy atom. The highest BCUT2D eigenvalue weighted by molar-refractivity contribution is 8.01. The van der Waals surface area contributed by atoms with Gasteiger partial charge in [0, 0.05) is 18.6 Å². The summed E-state index contributed by atoms with van der Waals surface area (Å²) in [7, 11) is 1.68. The van der Waals surface area contributed by atoms with E-state index in [-0.39, 0.29) is 29.5 Å². The fourth-order valence-corrected chi connectivity index (χ4v) is 5.75. The van der Waals surface area contributed by atoms with Gasteiger partial charge < -0.3 is 21.0 Å². The van der Waals surface area contributed by atoms with E-state index in [2.05, 4.69) is 31.0 Å². The Morgan fingerprint density at radius 1 is 1.43 bits per heavy atom. The molecule has 184 valence electrons. The number of nitrogens with zero attached hydrogens (tertiary/aromatic N) is 7. The van der Waals surface area contributed by atoms with Gasteiger partial charge in [0.2, 0.25) is 5.16 Å². The lowest BCUT2D eigenvalue weighted by atomic mass is 10.0. The third kappa shape index (κ3) is 4.93. The van der Waals surface area contributed by atoms with Crippen molar-refractivity contribution < 1.29 is 24.3 Å². The van der Waals surface area contributed by atoms with Crippen LogP contribution in [-0.4, -0.2) is 88.2 Å². The molecule has 2 aliphatic rings. The Kier molecular flexibility index (Phi) is 7.20. The molecule has 16 heteroatoms. The Bertz CT molecular complexity index is 1230. The molecule has 2 aromatic rings. The first kappa shape index (κ1) is 24.5. The summed E-state index contributed by atoms with van der Waals surface area (Å²) in [6, 6.07) is 3.77. The van der Waals surface area contributed by atoms with Gasteiger partial charge in [0.05, 0.1) is 0 Å². The van der Waals surface area contributed by atoms with E-state index < -0.39 is 29.2 Å². The summed E-state index contributed by atoms with van der Waals surface area (Å²) in [5, 5.41) is 27.4. The van der Waals surface area contributed by atoms with E-state index in [1.807, 2.05) is 0 Å². The van der Waals surface area contributed by atoms with Crippen LogP contribution in [0.1, 0.15) is 12.6 Å². The zero-order valence-corrected chi connectivity index (χ0v) is 20.2. The molecular weight excluding hydrogens is 498 g/mol. The summed E-state index contributed by atoms with van der Waals surface area (Å²) in [5.41, 5.74) is 6.22. The number of β-lactam (4-membered cyclic amide) rings is 1. The predicted octanol–water partition coefficient (Wildman–Crippen LogP) is -0.541. The second-order valence-corrected chi connectivity index (χ2v) is 9.34. The number of nitrogens with two attached hydrogens (primary N) is 1. The monoisotopic (exact) mass is 519 g/mol. The number of nitrogens with one attached hydrogen (secondary N) is 1. The van der Waals surface area contributed by atoms with E-state index in [1.165, 1.54) is 33.1 Å². The molecule has 2 aliphatic heterocycles. The number of amides is 2. The zero-order chi connectivity index (χ0) is 25.1. The molecule has 4 heterocycles. The number of carbonyl (C=O) groups is 3. The van der Waals surface area contributed by atoms with Crippen LogP contribution in [0.25, 0.3) is 0 Å². The molecule has 14 nitrogen and oxygen atoms in total. The van der Waals surface area contributed by atoms with E-state index in [9.17, 15) is 19.5 Å². The number of anilines is 1. The fraction of sp³-hybridized carbons (Fsp3) is 0.368. The average Bonchev–Trinajstić information content (AvgIpc) is 3.25. The number of aromatic nitrogens is 5. The summed E-state index contributed by atoms with van der Waals surface area (Å²) in [5.74, 6) is -1.60. The molecule has 0 bridgehead atoms. The van der Waals surface area contributed by atoms with Crippen LogP contribution < -0.4 is 11.1 Å². The van der Waals surface area contributed by atoms with E-state index in [0.717, 1.165) is 0 Å². The molecule has 2 amide bonds. The highest BCUT2D eigenvalue weighted by atomic mass is 32.2. The number of carboxylic acid groups (broad SMARTS) is 1. The third-order valence-corrected chi connectivity index (χ3v) is 7.44. The first-order valence-corrected chi connectivity index (χ1v) is 12.3. The van der Waals surface area contributed by atoms with Crippen molar-refractivity contribution in [3.8, 4) is 0 Å². The predicted molar refractivity (Wildman–Crippen MR) is 126 cm³/mol. The molecule has 1 unspecified atom stereocenters. The number of hydrogen-bond acceptors (Lipinski definition) is 12. The highest BCUT2D eigenvalue weighted by Gasteiger charge is 2.54. The minimum atomic E-state index is -1.22. The maximum Gasteiger partial charge on any atom is 0.352 e. The maximum absolute atomic E-state index is 13.0. The number of aryl methyl sites for hydroxylation is 1. The number of thioether (sulfide) groups is 2. The van der Waals surface area contributed by atoms with Crippen LogP contribution in [-0.2, 0) is 26.3 Å². The number of hydrogen-bond donors (Lipinski definition) is 3. The number of rotatable bonds is 9. The largest absolute Gasteiger partial charge is 0.477 e. The quantitative estimate of drug-likeness (QED) is 0.166. The van der Waals surface area contributed by atoms with Crippen LogP contribution in [0.2, 0.25) is 0 Å². The van der Waals surface area contributed by atoms with Crippen molar-refractivity contribution in [2.24, 2.45) is 12.2 Å². The van der Waals surface area contributed by atoms with Crippen molar-refractivity contribution in [3.63, 3.8) is 0 Å². The van der Waals surface area contributed by atoms with E-state index in [4.69, 9.17) is 10.6 Å². The molecule has 0 aliphatic carbocycles. The Labute approximate surface area is 207 Å². The lowest BCUT2D eigenvalue weighted by molar-refractivity contribution is -0.150. The number of carbonyl (C=O) groups excluding carboxylic acids is 2. The van der Waals surface area contributed by atoms with Gasteiger partial charge in [-0.2, -0.15) is 0 Å². The zero-order valence-electron chi connectivity index (χ0n) is 18.6. The van der Waals surface area contributed by atoms with Crippen molar-refractivity contribution in [2.75, 3.05) is 23.8 Å². The molecule has 0 radical (unpaired) electrons. The summed E-state index contributed by atoms with van der Waals surface area (Å²) in [6.45, 7) is 1.92. The topological polar surface area (TPSA) is 191 Å². The Hall–Kier alpha value is -3.66. The molecule has 2 atom stereocenters. The lowest BCUT2D eigenvalue weighted by Crippen LogP contribution is -2.71. The van der Waals surface area contributed by atoms with E-state index >= 15 is 0 Å². The van der Waals surface area contributed by atoms with Crippen LogP contribution in [0.5, 0.6) is 0 Å². The van der Waals surface area contributed by atoms with Crippen LogP contribution >= 0.6 is 23.5 Å². The van der Waals surface area contributed by atoms with Gasteiger partial charge >= 0.3 is 5.97 Å². The molecule has 4 N–H and O–H groups in total. The summed E-state index contributed by atoms with van der Waals surface area (Å²) in [6.07, 6.45) is 0. The molecular formula is C19H21N9O5S2. The van der Waals surface area contributed by atoms with Gasteiger partial charge in [-0.25, -0.2) is 14.5 Å². The first-order chi connectivity index (χ1) is 16.8. The van der Waals surface area contributed by atoms with E-state index in [1.54, 1.807) is 32.2 Å². The number of oxime groups is 1. The summed E-state index contributed by atoms with van der Waals surface area (Å²) >= 11 is 2.63. The van der Waals surface area contributed by atoms with Crippen LogP contribution in [0.15, 0.2) is 39.8 Å². The van der Waals surface area contributed by atoms with Gasteiger partial charge in [-0.05, 0) is 35.1 Å². The Balaban J connectivity index is 1.51. The minimum Gasteiger partial charge on any atom is -0.477 e. The number of tetrazole rings is 1. The van der Waals surface area contributed by atoms with Gasteiger partial charge in [0.15, 0.2) is 5.71 Å². The first-order valence-electron chi connectivity index (χ1n) is 10.3. The number of pyridine rings is 1. The van der Waals surface area contributed by atoms with Gasteiger partial charge in [-0.1, -0.05) is 23.0 Å². The van der Waals surface area contributed by atoms with Crippen molar-refractivity contribution in [1.29, 1.82) is 0 Å². The molecule has 1 fully saturated rings. The second kappa shape index (κ2) is 10.3. The van der Waals surface area contributed by atoms with Crippen molar-refractivity contribution >= 4 is 52.8 Å². The molecule has 0 aromatic carbocycles. The normalized spacial score (nSPS) is 19.8. The maximum atomic E-state index is 13.0. The fourth-order valence-electron chi connectivity index (χ4n) is 3.42. The smallest absolute Gasteiger partial charge is 0.352 e. The minimum absolute atomic E-state index is 0.0902. The highest BCUT2D eigenvalue weighted by Crippen LogP contribution is 2.41. The lowest BCUT2D eigenvalue weighted by Gasteiger charge is -2.49. The number of nitrogen functional groups attached to an aromatic ring is 1. The van der Waals surface area contributed by atoms with Crippen LogP contribution in [0.4, 0.5) is 5.82 Å².